The van der Waals surface area contributed by atoms with E-state index in [4.69, 9.17) is 4.74 Å². The van der Waals surface area contributed by atoms with E-state index in [1.54, 1.807) is 0 Å². The number of hydrogen-bond donors (Lipinski definition) is 0. The first-order valence-electron chi connectivity index (χ1n) is 9.34. The van der Waals surface area contributed by atoms with Crippen molar-refractivity contribution in [1.82, 2.24) is 9.47 Å². The van der Waals surface area contributed by atoms with Crippen LogP contribution in [0.25, 0.3) is 16.6 Å². The van der Waals surface area contributed by atoms with E-state index in [2.05, 4.69) is 71.0 Å². The number of para-hydroxylation sites is 1. The highest BCUT2D eigenvalue weighted by molar-refractivity contribution is 5.83. The number of hydrogen-bond acceptors (Lipinski definition) is 2. The minimum Gasteiger partial charge on any atom is -0.494 e. The number of aromatic nitrogens is 1. The molecule has 0 radical (unpaired) electrons. The Morgan fingerprint density at radius 3 is 2.52 bits per heavy atom. The smallest absolute Gasteiger partial charge is 0.119 e. The molecule has 2 aromatic carbocycles. The van der Waals surface area contributed by atoms with Gasteiger partial charge in [-0.1, -0.05) is 18.2 Å². The Hall–Kier alpha value is -2.26. The van der Waals surface area contributed by atoms with E-state index in [0.29, 0.717) is 0 Å². The molecule has 3 heteroatoms. The maximum absolute atomic E-state index is 5.92. The zero-order valence-electron chi connectivity index (χ0n) is 14.9. The lowest BCUT2D eigenvalue weighted by molar-refractivity contribution is 0.263. The molecule has 0 aliphatic carbocycles. The van der Waals surface area contributed by atoms with Crippen LogP contribution in [0, 0.1) is 6.92 Å². The van der Waals surface area contributed by atoms with Crippen LogP contribution in [0.15, 0.2) is 54.6 Å². The minimum atomic E-state index is 0.793. The maximum Gasteiger partial charge on any atom is 0.119 e. The summed E-state index contributed by atoms with van der Waals surface area (Å²) >= 11 is 0. The SMILES string of the molecule is Cc1cc2ccccc2n1-c1ccc(OCCCN2CCCC2)cc1. The highest BCUT2D eigenvalue weighted by Crippen LogP contribution is 2.25. The molecule has 1 aromatic heterocycles. The maximum atomic E-state index is 5.92. The molecule has 0 bridgehead atoms. The zero-order valence-corrected chi connectivity index (χ0v) is 14.9. The Balaban J connectivity index is 1.40. The lowest BCUT2D eigenvalue weighted by atomic mass is 10.2. The zero-order chi connectivity index (χ0) is 17.1. The summed E-state index contributed by atoms with van der Waals surface area (Å²) in [5, 5.41) is 1.28. The van der Waals surface area contributed by atoms with Crippen LogP contribution in [0.1, 0.15) is 25.0 Å². The van der Waals surface area contributed by atoms with E-state index < -0.39 is 0 Å². The first-order chi connectivity index (χ1) is 12.3. The van der Waals surface area contributed by atoms with Crippen molar-refractivity contribution in [3.63, 3.8) is 0 Å². The molecule has 0 atom stereocenters. The quantitative estimate of drug-likeness (QED) is 0.602. The molecule has 25 heavy (non-hydrogen) atoms. The standard InChI is InChI=1S/C22H26N2O/c1-18-17-19-7-2-3-8-22(19)24(18)20-9-11-21(12-10-20)25-16-6-15-23-13-4-5-14-23/h2-3,7-12,17H,4-6,13-16H2,1H3. The van der Waals surface area contributed by atoms with Gasteiger partial charge in [0.1, 0.15) is 5.75 Å². The Kier molecular flexibility index (Phi) is 4.75. The van der Waals surface area contributed by atoms with E-state index in [1.807, 2.05) is 0 Å². The molecule has 1 aliphatic rings. The Morgan fingerprint density at radius 1 is 0.960 bits per heavy atom. The first-order valence-corrected chi connectivity index (χ1v) is 9.34. The molecule has 0 amide bonds. The number of likely N-dealkylation sites (tertiary alicyclic amines) is 1. The topological polar surface area (TPSA) is 17.4 Å². The molecule has 1 aliphatic heterocycles. The minimum absolute atomic E-state index is 0.793. The van der Waals surface area contributed by atoms with Crippen LogP contribution in [0.3, 0.4) is 0 Å². The number of aryl methyl sites for hydroxylation is 1. The number of ether oxygens (including phenoxy) is 1. The summed E-state index contributed by atoms with van der Waals surface area (Å²) in [4.78, 5) is 2.53. The third-order valence-corrected chi connectivity index (χ3v) is 5.08. The summed E-state index contributed by atoms with van der Waals surface area (Å²) in [7, 11) is 0. The Morgan fingerprint density at radius 2 is 1.72 bits per heavy atom. The van der Waals surface area contributed by atoms with Crippen molar-refractivity contribution in [3.8, 4) is 11.4 Å². The molecule has 0 spiro atoms. The highest BCUT2D eigenvalue weighted by atomic mass is 16.5. The average molecular weight is 334 g/mol. The molecule has 2 heterocycles. The van der Waals surface area contributed by atoms with Crippen LogP contribution in [-0.4, -0.2) is 35.7 Å². The van der Waals surface area contributed by atoms with Crippen LogP contribution >= 0.6 is 0 Å². The molecule has 130 valence electrons. The van der Waals surface area contributed by atoms with Gasteiger partial charge in [-0.3, -0.25) is 0 Å². The molecule has 3 nitrogen and oxygen atoms in total. The van der Waals surface area contributed by atoms with Gasteiger partial charge in [0.2, 0.25) is 0 Å². The van der Waals surface area contributed by atoms with Crippen LogP contribution in [0.2, 0.25) is 0 Å². The Bertz CT molecular complexity index is 829. The third-order valence-electron chi connectivity index (χ3n) is 5.08. The van der Waals surface area contributed by atoms with Gasteiger partial charge in [-0.05, 0) is 75.7 Å². The molecular weight excluding hydrogens is 308 g/mol. The number of fused-ring (bicyclic) bond motifs is 1. The summed E-state index contributed by atoms with van der Waals surface area (Å²) in [5.74, 6) is 0.958. The van der Waals surface area contributed by atoms with Gasteiger partial charge < -0.3 is 14.2 Å². The van der Waals surface area contributed by atoms with Crippen molar-refractivity contribution in [2.24, 2.45) is 0 Å². The second kappa shape index (κ2) is 7.32. The van der Waals surface area contributed by atoms with Crippen molar-refractivity contribution < 1.29 is 4.74 Å². The van der Waals surface area contributed by atoms with E-state index in [0.717, 1.165) is 25.3 Å². The first kappa shape index (κ1) is 16.2. The summed E-state index contributed by atoms with van der Waals surface area (Å²) in [6.45, 7) is 6.63. The van der Waals surface area contributed by atoms with Crippen molar-refractivity contribution >= 4 is 10.9 Å². The van der Waals surface area contributed by atoms with Gasteiger partial charge in [0.05, 0.1) is 12.1 Å². The van der Waals surface area contributed by atoms with Crippen LogP contribution in [-0.2, 0) is 0 Å². The largest absolute Gasteiger partial charge is 0.494 e. The summed E-state index contributed by atoms with van der Waals surface area (Å²) < 4.78 is 8.22. The molecular formula is C22H26N2O. The second-order valence-electron chi connectivity index (χ2n) is 6.92. The summed E-state index contributed by atoms with van der Waals surface area (Å²) in [5.41, 5.74) is 3.68. The predicted molar refractivity (Wildman–Crippen MR) is 104 cm³/mol. The van der Waals surface area contributed by atoms with Crippen molar-refractivity contribution in [3.05, 3.63) is 60.3 Å². The lowest BCUT2D eigenvalue weighted by Gasteiger charge is -2.14. The monoisotopic (exact) mass is 334 g/mol. The van der Waals surface area contributed by atoms with E-state index in [-0.39, 0.29) is 0 Å². The van der Waals surface area contributed by atoms with Crippen LogP contribution in [0.4, 0.5) is 0 Å². The van der Waals surface area contributed by atoms with Crippen molar-refractivity contribution in [2.45, 2.75) is 26.2 Å². The van der Waals surface area contributed by atoms with Gasteiger partial charge in [0, 0.05) is 23.3 Å². The second-order valence-corrected chi connectivity index (χ2v) is 6.92. The third kappa shape index (κ3) is 3.57. The highest BCUT2D eigenvalue weighted by Gasteiger charge is 2.10. The van der Waals surface area contributed by atoms with Gasteiger partial charge >= 0.3 is 0 Å². The number of nitrogens with zero attached hydrogens (tertiary/aromatic N) is 2. The fourth-order valence-corrected chi connectivity index (χ4v) is 3.81. The van der Waals surface area contributed by atoms with Gasteiger partial charge in [0.25, 0.3) is 0 Å². The average Bonchev–Trinajstić information content (AvgIpc) is 3.26. The molecule has 3 aromatic rings. The number of rotatable bonds is 6. The predicted octanol–water partition coefficient (Wildman–Crippen LogP) is 4.80. The van der Waals surface area contributed by atoms with Crippen molar-refractivity contribution in [1.29, 1.82) is 0 Å². The van der Waals surface area contributed by atoms with Crippen LogP contribution in [0.5, 0.6) is 5.75 Å². The molecule has 1 fully saturated rings. The van der Waals surface area contributed by atoms with Gasteiger partial charge in [-0.25, -0.2) is 0 Å². The lowest BCUT2D eigenvalue weighted by Crippen LogP contribution is -2.21. The molecule has 1 saturated heterocycles. The van der Waals surface area contributed by atoms with E-state index >= 15 is 0 Å². The normalized spacial score (nSPS) is 15.1. The van der Waals surface area contributed by atoms with Crippen molar-refractivity contribution in [2.75, 3.05) is 26.2 Å². The molecule has 0 N–H and O–H groups in total. The number of benzene rings is 2. The summed E-state index contributed by atoms with van der Waals surface area (Å²) in [6, 6.07) is 19.2. The van der Waals surface area contributed by atoms with Crippen LogP contribution < -0.4 is 4.74 Å². The van der Waals surface area contributed by atoms with E-state index in [1.165, 1.54) is 48.2 Å². The molecule has 0 unspecified atom stereocenters. The Labute approximate surface area is 149 Å². The fourth-order valence-electron chi connectivity index (χ4n) is 3.81. The van der Waals surface area contributed by atoms with Gasteiger partial charge in [-0.2, -0.15) is 0 Å². The molecule has 0 saturated carbocycles. The van der Waals surface area contributed by atoms with Gasteiger partial charge in [-0.15, -0.1) is 0 Å². The molecule has 4 rings (SSSR count). The van der Waals surface area contributed by atoms with E-state index in [9.17, 15) is 0 Å². The summed E-state index contributed by atoms with van der Waals surface area (Å²) in [6.07, 6.45) is 3.81. The van der Waals surface area contributed by atoms with Gasteiger partial charge in [0.15, 0.2) is 0 Å². The fraction of sp³-hybridized carbons (Fsp3) is 0.364.